The number of ketones is 1. The van der Waals surface area contributed by atoms with Gasteiger partial charge in [0.2, 0.25) is 5.88 Å². The monoisotopic (exact) mass is 391 g/mol. The van der Waals surface area contributed by atoms with E-state index in [0.29, 0.717) is 41.0 Å². The minimum absolute atomic E-state index is 0.0593. The number of pyridine rings is 1. The molecular formula is C22H21N3O4. The van der Waals surface area contributed by atoms with Crippen molar-refractivity contribution >= 4 is 16.7 Å². The maximum atomic E-state index is 13.0. The van der Waals surface area contributed by atoms with E-state index < -0.39 is 5.92 Å². The van der Waals surface area contributed by atoms with Gasteiger partial charge in [-0.05, 0) is 29.0 Å². The predicted molar refractivity (Wildman–Crippen MR) is 107 cm³/mol. The third-order valence-corrected chi connectivity index (χ3v) is 5.47. The third kappa shape index (κ3) is 3.07. The zero-order valence-corrected chi connectivity index (χ0v) is 16.5. The number of nitrogens with two attached hydrogens (primary N) is 1. The summed E-state index contributed by atoms with van der Waals surface area (Å²) in [5.41, 5.74) is 6.69. The van der Waals surface area contributed by atoms with Crippen LogP contribution in [0.15, 0.2) is 51.8 Å². The molecule has 4 rings (SSSR count). The highest BCUT2D eigenvalue weighted by Crippen LogP contribution is 2.47. The molecule has 1 aliphatic carbocycles. The number of H-pyrrole nitrogens is 1. The average molecular weight is 391 g/mol. The maximum Gasteiger partial charge on any atom is 0.252 e. The fourth-order valence-corrected chi connectivity index (χ4v) is 4.13. The Kier molecular flexibility index (Phi) is 4.23. The molecule has 1 aromatic heterocycles. The lowest BCUT2D eigenvalue weighted by atomic mass is 9.70. The highest BCUT2D eigenvalue weighted by atomic mass is 16.5. The molecule has 0 fully saturated rings. The summed E-state index contributed by atoms with van der Waals surface area (Å²) < 4.78 is 10.9. The van der Waals surface area contributed by atoms with Crippen molar-refractivity contribution in [3.63, 3.8) is 0 Å². The Morgan fingerprint density at radius 2 is 2.03 bits per heavy atom. The van der Waals surface area contributed by atoms with Crippen LogP contribution in [0.25, 0.3) is 10.9 Å². The Labute approximate surface area is 167 Å². The molecule has 148 valence electrons. The molecule has 2 heterocycles. The largest absolute Gasteiger partial charge is 0.497 e. The summed E-state index contributed by atoms with van der Waals surface area (Å²) >= 11 is 0. The quantitative estimate of drug-likeness (QED) is 0.812. The molecule has 0 bridgehead atoms. The maximum absolute atomic E-state index is 13.0. The molecule has 0 saturated heterocycles. The number of nitriles is 1. The topological polar surface area (TPSA) is 118 Å². The average Bonchev–Trinajstić information content (AvgIpc) is 2.65. The number of aromatic nitrogens is 1. The molecular weight excluding hydrogens is 370 g/mol. The van der Waals surface area contributed by atoms with Crippen LogP contribution >= 0.6 is 0 Å². The van der Waals surface area contributed by atoms with Crippen molar-refractivity contribution < 1.29 is 14.3 Å². The molecule has 0 spiro atoms. The van der Waals surface area contributed by atoms with Crippen molar-refractivity contribution in [2.45, 2.75) is 32.6 Å². The van der Waals surface area contributed by atoms with Gasteiger partial charge in [-0.15, -0.1) is 0 Å². The van der Waals surface area contributed by atoms with Crippen LogP contribution < -0.4 is 16.0 Å². The molecule has 0 saturated carbocycles. The van der Waals surface area contributed by atoms with Crippen molar-refractivity contribution in [1.29, 1.82) is 5.26 Å². The van der Waals surface area contributed by atoms with Crippen molar-refractivity contribution in [2.75, 3.05) is 7.11 Å². The first kappa shape index (κ1) is 18.8. The number of hydrogen-bond donors (Lipinski definition) is 2. The molecule has 29 heavy (non-hydrogen) atoms. The summed E-state index contributed by atoms with van der Waals surface area (Å²) in [6, 6.07) is 9.06. The zero-order valence-electron chi connectivity index (χ0n) is 16.5. The minimum Gasteiger partial charge on any atom is -0.497 e. The Hall–Kier alpha value is -3.53. The van der Waals surface area contributed by atoms with Gasteiger partial charge in [-0.3, -0.25) is 9.59 Å². The predicted octanol–water partition coefficient (Wildman–Crippen LogP) is 2.99. The number of fused-ring (bicyclic) bond motifs is 1. The number of nitrogens with one attached hydrogen (secondary N) is 1. The van der Waals surface area contributed by atoms with Crippen LogP contribution in [0.5, 0.6) is 5.75 Å². The lowest BCUT2D eigenvalue weighted by Crippen LogP contribution is -2.35. The van der Waals surface area contributed by atoms with E-state index in [9.17, 15) is 14.9 Å². The molecule has 3 N–H and O–H groups in total. The molecule has 1 aromatic carbocycles. The third-order valence-electron chi connectivity index (χ3n) is 5.47. The van der Waals surface area contributed by atoms with Crippen LogP contribution in [0, 0.1) is 16.7 Å². The van der Waals surface area contributed by atoms with Crippen molar-refractivity contribution in [3.8, 4) is 11.8 Å². The van der Waals surface area contributed by atoms with Gasteiger partial charge in [0, 0.05) is 30.0 Å². The van der Waals surface area contributed by atoms with Gasteiger partial charge in [-0.1, -0.05) is 13.8 Å². The number of allylic oxidation sites excluding steroid dienone is 3. The van der Waals surface area contributed by atoms with E-state index in [1.165, 1.54) is 0 Å². The van der Waals surface area contributed by atoms with E-state index in [1.54, 1.807) is 25.3 Å². The second-order valence-corrected chi connectivity index (χ2v) is 8.21. The second-order valence-electron chi connectivity index (χ2n) is 8.21. The molecule has 1 unspecified atom stereocenters. The molecule has 0 radical (unpaired) electrons. The van der Waals surface area contributed by atoms with Gasteiger partial charge in [0.25, 0.3) is 5.56 Å². The van der Waals surface area contributed by atoms with E-state index in [4.69, 9.17) is 15.2 Å². The van der Waals surface area contributed by atoms with Crippen LogP contribution in [0.2, 0.25) is 0 Å². The summed E-state index contributed by atoms with van der Waals surface area (Å²) in [6.07, 6.45) is 0.819. The molecule has 1 atom stereocenters. The highest BCUT2D eigenvalue weighted by Gasteiger charge is 2.43. The smallest absolute Gasteiger partial charge is 0.252 e. The second kappa shape index (κ2) is 6.52. The summed E-state index contributed by atoms with van der Waals surface area (Å²) in [6.45, 7) is 3.95. The van der Waals surface area contributed by atoms with E-state index in [1.807, 2.05) is 26.0 Å². The number of methoxy groups -OCH3 is 1. The summed E-state index contributed by atoms with van der Waals surface area (Å²) in [5, 5.41) is 10.5. The van der Waals surface area contributed by atoms with E-state index >= 15 is 0 Å². The van der Waals surface area contributed by atoms with Gasteiger partial charge in [0.05, 0.1) is 18.5 Å². The SMILES string of the molecule is COc1ccc2cc(C3C(C#N)=C(N)OC4=C3C(=O)CC(C)(C)C4)c(=O)[nH]c2c1. The lowest BCUT2D eigenvalue weighted by Gasteiger charge is -2.37. The molecule has 7 heteroatoms. The van der Waals surface area contributed by atoms with Crippen LogP contribution in [0.1, 0.15) is 38.2 Å². The van der Waals surface area contributed by atoms with Gasteiger partial charge < -0.3 is 20.2 Å². The number of Topliss-reactive ketones (excluding diaryl/α,β-unsaturated/α-hetero) is 1. The van der Waals surface area contributed by atoms with Crippen molar-refractivity contribution in [3.05, 3.63) is 63.0 Å². The Bertz CT molecular complexity index is 1210. The van der Waals surface area contributed by atoms with Crippen molar-refractivity contribution in [1.82, 2.24) is 4.98 Å². The molecule has 2 aromatic rings. The van der Waals surface area contributed by atoms with Crippen LogP contribution in [-0.4, -0.2) is 17.9 Å². The Morgan fingerprint density at radius 3 is 2.72 bits per heavy atom. The number of benzene rings is 1. The number of aromatic amines is 1. The molecule has 7 nitrogen and oxygen atoms in total. The fraction of sp³-hybridized carbons (Fsp3) is 0.318. The van der Waals surface area contributed by atoms with E-state index in [2.05, 4.69) is 4.98 Å². The first-order valence-corrected chi connectivity index (χ1v) is 9.29. The van der Waals surface area contributed by atoms with Gasteiger partial charge >= 0.3 is 0 Å². The van der Waals surface area contributed by atoms with Crippen LogP contribution in [0.3, 0.4) is 0 Å². The first-order chi connectivity index (χ1) is 13.7. The zero-order chi connectivity index (χ0) is 20.9. The fourth-order valence-electron chi connectivity index (χ4n) is 4.13. The number of hydrogen-bond acceptors (Lipinski definition) is 6. The van der Waals surface area contributed by atoms with E-state index in [-0.39, 0.29) is 28.2 Å². The summed E-state index contributed by atoms with van der Waals surface area (Å²) in [5.74, 6) is 0.0276. The van der Waals surface area contributed by atoms with Crippen molar-refractivity contribution in [2.24, 2.45) is 11.1 Å². The highest BCUT2D eigenvalue weighted by molar-refractivity contribution is 6.00. The first-order valence-electron chi connectivity index (χ1n) is 9.29. The standard InChI is InChI=1S/C22H21N3O4/c1-22(2)8-16(26)19-17(9-22)29-20(24)14(10-23)18(19)13-6-11-4-5-12(28-3)7-15(11)25-21(13)27/h4-7,18H,8-9,24H2,1-3H3,(H,25,27). The molecule has 2 aliphatic rings. The normalized spacial score (nSPS) is 20.9. The number of ether oxygens (including phenoxy) is 2. The number of rotatable bonds is 2. The van der Waals surface area contributed by atoms with Gasteiger partial charge in [0.1, 0.15) is 23.2 Å². The summed E-state index contributed by atoms with van der Waals surface area (Å²) in [7, 11) is 1.55. The van der Waals surface area contributed by atoms with E-state index in [0.717, 1.165) is 5.39 Å². The lowest BCUT2D eigenvalue weighted by molar-refractivity contribution is -0.119. The minimum atomic E-state index is -0.845. The summed E-state index contributed by atoms with van der Waals surface area (Å²) in [4.78, 5) is 28.8. The molecule has 0 amide bonds. The Morgan fingerprint density at radius 1 is 1.28 bits per heavy atom. The van der Waals surface area contributed by atoms with Gasteiger partial charge in [0.15, 0.2) is 5.78 Å². The number of carbonyl (C=O) groups is 1. The van der Waals surface area contributed by atoms with Gasteiger partial charge in [-0.25, -0.2) is 0 Å². The number of carbonyl (C=O) groups excluding carboxylic acids is 1. The van der Waals surface area contributed by atoms with Gasteiger partial charge in [-0.2, -0.15) is 5.26 Å². The Balaban J connectivity index is 1.95. The van der Waals surface area contributed by atoms with Crippen LogP contribution in [-0.2, 0) is 9.53 Å². The number of nitrogens with zero attached hydrogens (tertiary/aromatic N) is 1. The van der Waals surface area contributed by atoms with Crippen LogP contribution in [0.4, 0.5) is 0 Å². The molecule has 1 aliphatic heterocycles.